The first-order valence-corrected chi connectivity index (χ1v) is 7.01. The van der Waals surface area contributed by atoms with Crippen LogP contribution < -0.4 is 5.32 Å². The Morgan fingerprint density at radius 3 is 2.88 bits per heavy atom. The van der Waals surface area contributed by atoms with E-state index in [9.17, 15) is 0 Å². The highest BCUT2D eigenvalue weighted by Crippen LogP contribution is 2.30. The average Bonchev–Trinajstić information content (AvgIpc) is 2.61. The van der Waals surface area contributed by atoms with Crippen molar-refractivity contribution in [1.82, 2.24) is 5.32 Å². The SMILES string of the molecule is CCOC1CC(NC(C)c2ccc(Cl)s2)C1. The van der Waals surface area contributed by atoms with Crippen LogP contribution in [0.4, 0.5) is 0 Å². The normalized spacial score (nSPS) is 26.4. The maximum atomic E-state index is 5.92. The second-order valence-electron chi connectivity index (χ2n) is 4.28. The minimum atomic E-state index is 0.394. The van der Waals surface area contributed by atoms with E-state index in [1.165, 1.54) is 4.88 Å². The summed E-state index contributed by atoms with van der Waals surface area (Å²) in [5.74, 6) is 0. The summed E-state index contributed by atoms with van der Waals surface area (Å²) in [5.41, 5.74) is 0. The van der Waals surface area contributed by atoms with Gasteiger partial charge in [-0.3, -0.25) is 0 Å². The Balaban J connectivity index is 1.75. The van der Waals surface area contributed by atoms with E-state index in [-0.39, 0.29) is 0 Å². The molecule has 1 saturated carbocycles. The molecule has 1 atom stereocenters. The number of nitrogens with one attached hydrogen (secondary N) is 1. The zero-order valence-corrected chi connectivity index (χ0v) is 11.3. The largest absolute Gasteiger partial charge is 0.378 e. The number of rotatable bonds is 5. The average molecular weight is 260 g/mol. The van der Waals surface area contributed by atoms with Gasteiger partial charge in [0.1, 0.15) is 0 Å². The van der Waals surface area contributed by atoms with Gasteiger partial charge in [-0.15, -0.1) is 11.3 Å². The van der Waals surface area contributed by atoms with Crippen molar-refractivity contribution in [3.05, 3.63) is 21.3 Å². The van der Waals surface area contributed by atoms with Crippen LogP contribution in [0.2, 0.25) is 4.34 Å². The molecular weight excluding hydrogens is 242 g/mol. The number of thiophene rings is 1. The molecule has 0 amide bonds. The van der Waals surface area contributed by atoms with Crippen LogP contribution in [-0.4, -0.2) is 18.8 Å². The van der Waals surface area contributed by atoms with Gasteiger partial charge in [-0.2, -0.15) is 0 Å². The van der Waals surface area contributed by atoms with Crippen molar-refractivity contribution < 1.29 is 4.74 Å². The van der Waals surface area contributed by atoms with Crippen LogP contribution in [-0.2, 0) is 4.74 Å². The lowest BCUT2D eigenvalue weighted by Gasteiger charge is -2.37. The fourth-order valence-corrected chi connectivity index (χ4v) is 3.14. The zero-order chi connectivity index (χ0) is 11.5. The molecule has 2 nitrogen and oxygen atoms in total. The molecule has 0 aliphatic heterocycles. The van der Waals surface area contributed by atoms with Crippen molar-refractivity contribution in [2.75, 3.05) is 6.61 Å². The van der Waals surface area contributed by atoms with E-state index < -0.39 is 0 Å². The molecule has 1 aliphatic carbocycles. The van der Waals surface area contributed by atoms with Crippen LogP contribution in [0.1, 0.15) is 37.6 Å². The van der Waals surface area contributed by atoms with Gasteiger partial charge >= 0.3 is 0 Å². The Labute approximate surface area is 106 Å². The lowest BCUT2D eigenvalue weighted by atomic mass is 9.88. The van der Waals surface area contributed by atoms with Gasteiger partial charge in [0, 0.05) is 23.6 Å². The molecule has 1 aliphatic rings. The van der Waals surface area contributed by atoms with E-state index in [2.05, 4.69) is 25.2 Å². The van der Waals surface area contributed by atoms with E-state index >= 15 is 0 Å². The zero-order valence-electron chi connectivity index (χ0n) is 9.70. The van der Waals surface area contributed by atoms with Crippen LogP contribution in [0.15, 0.2) is 12.1 Å². The molecule has 0 bridgehead atoms. The van der Waals surface area contributed by atoms with Gasteiger partial charge < -0.3 is 10.1 Å². The molecule has 0 saturated heterocycles. The van der Waals surface area contributed by atoms with Crippen molar-refractivity contribution in [2.45, 2.75) is 44.9 Å². The molecular formula is C12H18ClNOS. The van der Waals surface area contributed by atoms with Gasteiger partial charge in [0.05, 0.1) is 10.4 Å². The van der Waals surface area contributed by atoms with E-state index in [0.717, 1.165) is 23.8 Å². The summed E-state index contributed by atoms with van der Waals surface area (Å²) in [6.45, 7) is 5.07. The predicted molar refractivity (Wildman–Crippen MR) is 69.3 cm³/mol. The van der Waals surface area contributed by atoms with Crippen LogP contribution >= 0.6 is 22.9 Å². The van der Waals surface area contributed by atoms with E-state index in [4.69, 9.17) is 16.3 Å². The van der Waals surface area contributed by atoms with Crippen LogP contribution in [0, 0.1) is 0 Å². The minimum absolute atomic E-state index is 0.394. The van der Waals surface area contributed by atoms with Crippen molar-refractivity contribution in [3.63, 3.8) is 0 Å². The van der Waals surface area contributed by atoms with Gasteiger partial charge in [-0.1, -0.05) is 11.6 Å². The van der Waals surface area contributed by atoms with Crippen LogP contribution in [0.5, 0.6) is 0 Å². The van der Waals surface area contributed by atoms with Crippen molar-refractivity contribution in [2.24, 2.45) is 0 Å². The first-order chi connectivity index (χ1) is 7.69. The van der Waals surface area contributed by atoms with Crippen molar-refractivity contribution >= 4 is 22.9 Å². The highest BCUT2D eigenvalue weighted by Gasteiger charge is 2.30. The molecule has 1 heterocycles. The molecule has 0 radical (unpaired) electrons. The maximum absolute atomic E-state index is 5.92. The summed E-state index contributed by atoms with van der Waals surface area (Å²) in [6.07, 6.45) is 2.75. The number of hydrogen-bond donors (Lipinski definition) is 1. The standard InChI is InChI=1S/C12H18ClNOS/c1-3-15-10-6-9(7-10)14-8(2)11-4-5-12(13)16-11/h4-5,8-10,14H,3,6-7H2,1-2H3. The highest BCUT2D eigenvalue weighted by molar-refractivity contribution is 7.16. The summed E-state index contributed by atoms with van der Waals surface area (Å²) in [7, 11) is 0. The summed E-state index contributed by atoms with van der Waals surface area (Å²) >= 11 is 7.58. The Bertz CT molecular complexity index is 336. The summed E-state index contributed by atoms with van der Waals surface area (Å²) in [4.78, 5) is 1.31. The summed E-state index contributed by atoms with van der Waals surface area (Å²) < 4.78 is 6.41. The number of ether oxygens (including phenoxy) is 1. The molecule has 1 fully saturated rings. The lowest BCUT2D eigenvalue weighted by molar-refractivity contribution is -0.0119. The van der Waals surface area contributed by atoms with Crippen molar-refractivity contribution in [1.29, 1.82) is 0 Å². The molecule has 1 aromatic heterocycles. The summed E-state index contributed by atoms with van der Waals surface area (Å²) in [5, 5.41) is 3.61. The molecule has 1 N–H and O–H groups in total. The summed E-state index contributed by atoms with van der Waals surface area (Å²) in [6, 6.07) is 5.06. The molecule has 1 unspecified atom stereocenters. The van der Waals surface area contributed by atoms with Gasteiger partial charge in [-0.05, 0) is 38.8 Å². The Morgan fingerprint density at radius 2 is 2.31 bits per heavy atom. The second-order valence-corrected chi connectivity index (χ2v) is 6.02. The minimum Gasteiger partial charge on any atom is -0.378 e. The topological polar surface area (TPSA) is 21.3 Å². The highest BCUT2D eigenvalue weighted by atomic mass is 35.5. The number of hydrogen-bond acceptors (Lipinski definition) is 3. The fourth-order valence-electron chi connectivity index (χ4n) is 2.07. The van der Waals surface area contributed by atoms with Gasteiger partial charge in [0.15, 0.2) is 0 Å². The van der Waals surface area contributed by atoms with Crippen molar-refractivity contribution in [3.8, 4) is 0 Å². The quantitative estimate of drug-likeness (QED) is 0.872. The first kappa shape index (κ1) is 12.4. The van der Waals surface area contributed by atoms with E-state index in [0.29, 0.717) is 18.2 Å². The smallest absolute Gasteiger partial charge is 0.0931 e. The predicted octanol–water partition coefficient (Wildman–Crippen LogP) is 3.62. The van der Waals surface area contributed by atoms with E-state index in [1.807, 2.05) is 6.07 Å². The monoisotopic (exact) mass is 259 g/mol. The van der Waals surface area contributed by atoms with Crippen LogP contribution in [0.3, 0.4) is 0 Å². The second kappa shape index (κ2) is 5.50. The van der Waals surface area contributed by atoms with E-state index in [1.54, 1.807) is 11.3 Å². The number of halogens is 1. The fraction of sp³-hybridized carbons (Fsp3) is 0.667. The van der Waals surface area contributed by atoms with Gasteiger partial charge in [0.25, 0.3) is 0 Å². The van der Waals surface area contributed by atoms with Gasteiger partial charge in [0.2, 0.25) is 0 Å². The van der Waals surface area contributed by atoms with Gasteiger partial charge in [-0.25, -0.2) is 0 Å². The third-order valence-electron chi connectivity index (χ3n) is 3.00. The Kier molecular flexibility index (Phi) is 4.25. The molecule has 0 spiro atoms. The van der Waals surface area contributed by atoms with Crippen LogP contribution in [0.25, 0.3) is 0 Å². The molecule has 2 rings (SSSR count). The Morgan fingerprint density at radius 1 is 1.56 bits per heavy atom. The molecule has 90 valence electrons. The third kappa shape index (κ3) is 2.98. The lowest BCUT2D eigenvalue weighted by Crippen LogP contribution is -2.46. The Hall–Kier alpha value is -0.0900. The maximum Gasteiger partial charge on any atom is 0.0931 e. The molecule has 16 heavy (non-hydrogen) atoms. The molecule has 0 aromatic carbocycles. The molecule has 1 aromatic rings. The first-order valence-electron chi connectivity index (χ1n) is 5.82. The third-order valence-corrected chi connectivity index (χ3v) is 4.42. The molecule has 4 heteroatoms.